The largest absolute Gasteiger partial charge is 0.382 e. The van der Waals surface area contributed by atoms with Gasteiger partial charge >= 0.3 is 0 Å². The van der Waals surface area contributed by atoms with E-state index < -0.39 is 0 Å². The van der Waals surface area contributed by atoms with Gasteiger partial charge in [-0.05, 0) is 6.07 Å². The van der Waals surface area contributed by atoms with Crippen LogP contribution in [-0.4, -0.2) is 34.0 Å². The molecule has 2 aromatic rings. The molecule has 3 heterocycles. The number of nitrogens with two attached hydrogens (primary N) is 1. The average Bonchev–Trinajstić information content (AvgIpc) is 2.77. The molecule has 3 N–H and O–H groups in total. The molecule has 1 aliphatic heterocycles. The lowest BCUT2D eigenvalue weighted by molar-refractivity contribution is 0.0523. The molecule has 1 fully saturated rings. The molecular formula is C12H13N5O2. The van der Waals surface area contributed by atoms with Crippen molar-refractivity contribution in [2.75, 3.05) is 18.9 Å². The van der Waals surface area contributed by atoms with Crippen LogP contribution in [0.5, 0.6) is 0 Å². The molecule has 0 unspecified atom stereocenters. The molecule has 7 nitrogen and oxygen atoms in total. The van der Waals surface area contributed by atoms with Crippen LogP contribution in [0.15, 0.2) is 17.1 Å². The van der Waals surface area contributed by atoms with Crippen LogP contribution in [0.1, 0.15) is 12.5 Å². The number of aromatic amines is 1. The van der Waals surface area contributed by atoms with Crippen molar-refractivity contribution < 1.29 is 4.74 Å². The highest BCUT2D eigenvalue weighted by atomic mass is 16.5. The van der Waals surface area contributed by atoms with Crippen molar-refractivity contribution in [3.8, 4) is 0 Å². The van der Waals surface area contributed by atoms with Gasteiger partial charge in [-0.25, -0.2) is 11.3 Å². The van der Waals surface area contributed by atoms with Crippen molar-refractivity contribution in [3.63, 3.8) is 0 Å². The van der Waals surface area contributed by atoms with Gasteiger partial charge in [-0.15, -0.1) is 0 Å². The maximum absolute atomic E-state index is 11.8. The Morgan fingerprint density at radius 1 is 1.63 bits per heavy atom. The molecular weight excluding hydrogens is 246 g/mol. The van der Waals surface area contributed by atoms with Gasteiger partial charge in [-0.2, -0.15) is 5.10 Å². The smallest absolute Gasteiger partial charge is 0.261 e. The Labute approximate surface area is 108 Å². The number of rotatable bonds is 1. The van der Waals surface area contributed by atoms with Gasteiger partial charge in [0, 0.05) is 12.6 Å². The first-order chi connectivity index (χ1) is 9.22. The lowest BCUT2D eigenvalue weighted by atomic mass is 10.0. The minimum Gasteiger partial charge on any atom is -0.382 e. The number of hydrogen-bond donors (Lipinski definition) is 2. The first-order valence-corrected chi connectivity index (χ1v) is 6.02. The van der Waals surface area contributed by atoms with Crippen molar-refractivity contribution in [2.45, 2.75) is 18.5 Å². The Kier molecular flexibility index (Phi) is 2.72. The first-order valence-electron chi connectivity index (χ1n) is 6.02. The average molecular weight is 259 g/mol. The number of ether oxygens (including phenoxy) is 1. The summed E-state index contributed by atoms with van der Waals surface area (Å²) in [6.07, 6.45) is 2.22. The van der Waals surface area contributed by atoms with E-state index in [0.29, 0.717) is 30.5 Å². The molecule has 0 radical (unpaired) electrons. The Balaban J connectivity index is 2.18. The van der Waals surface area contributed by atoms with E-state index in [2.05, 4.69) is 14.9 Å². The number of aromatic nitrogens is 3. The van der Waals surface area contributed by atoms with Crippen molar-refractivity contribution >= 4 is 16.7 Å². The van der Waals surface area contributed by atoms with Gasteiger partial charge in [0.2, 0.25) is 6.04 Å². The molecule has 0 amide bonds. The van der Waals surface area contributed by atoms with Gasteiger partial charge in [-0.3, -0.25) is 4.79 Å². The van der Waals surface area contributed by atoms with Gasteiger partial charge in [0.1, 0.15) is 5.39 Å². The van der Waals surface area contributed by atoms with E-state index in [0.717, 1.165) is 0 Å². The minimum atomic E-state index is -0.266. The number of nitrogen functional groups attached to an aromatic ring is 1. The van der Waals surface area contributed by atoms with E-state index in [1.54, 1.807) is 16.9 Å². The van der Waals surface area contributed by atoms with Crippen LogP contribution >= 0.6 is 0 Å². The molecule has 0 saturated carbocycles. The second-order valence-electron chi connectivity index (χ2n) is 4.52. The number of H-pyrrole nitrogens is 1. The lowest BCUT2D eigenvalue weighted by Gasteiger charge is -2.24. The Morgan fingerprint density at radius 2 is 2.47 bits per heavy atom. The van der Waals surface area contributed by atoms with Crippen LogP contribution in [0.2, 0.25) is 0 Å². The predicted octanol–water partition coefficient (Wildman–Crippen LogP) is 0.556. The zero-order chi connectivity index (χ0) is 13.4. The van der Waals surface area contributed by atoms with E-state index in [9.17, 15) is 4.79 Å². The molecule has 2 aromatic heterocycles. The second-order valence-corrected chi connectivity index (χ2v) is 4.52. The molecule has 7 heteroatoms. The second kappa shape index (κ2) is 4.40. The number of anilines is 1. The van der Waals surface area contributed by atoms with E-state index >= 15 is 0 Å². The number of hydrogen-bond acceptors (Lipinski definition) is 4. The van der Waals surface area contributed by atoms with Crippen molar-refractivity contribution in [1.82, 2.24) is 14.8 Å². The fraction of sp³-hybridized carbons (Fsp3) is 0.417. The van der Waals surface area contributed by atoms with Gasteiger partial charge in [0.15, 0.2) is 11.9 Å². The third-order valence-electron chi connectivity index (χ3n) is 3.43. The number of fused-ring (bicyclic) bond motifs is 1. The Morgan fingerprint density at radius 3 is 3.26 bits per heavy atom. The number of pyridine rings is 1. The summed E-state index contributed by atoms with van der Waals surface area (Å²) in [5.41, 5.74) is 6.18. The van der Waals surface area contributed by atoms with Crippen LogP contribution in [0.25, 0.3) is 15.7 Å². The highest BCUT2D eigenvalue weighted by Gasteiger charge is 2.34. The molecule has 1 aliphatic rings. The SMILES string of the molecule is [C-]#[N+][C@H]1CCOC[C@@H]1n1nc(N)c2c(=O)[nH]ccc21. The van der Waals surface area contributed by atoms with Crippen LogP contribution < -0.4 is 11.3 Å². The quantitative estimate of drug-likeness (QED) is 0.732. The van der Waals surface area contributed by atoms with Crippen LogP contribution in [0, 0.1) is 6.57 Å². The summed E-state index contributed by atoms with van der Waals surface area (Å²) in [6.45, 7) is 8.26. The summed E-state index contributed by atoms with van der Waals surface area (Å²) in [4.78, 5) is 18.0. The molecule has 0 bridgehead atoms. The molecule has 0 aliphatic carbocycles. The third kappa shape index (κ3) is 1.77. The van der Waals surface area contributed by atoms with Crippen molar-refractivity contribution in [3.05, 3.63) is 34.0 Å². The first kappa shape index (κ1) is 11.7. The molecule has 19 heavy (non-hydrogen) atoms. The predicted molar refractivity (Wildman–Crippen MR) is 69.6 cm³/mol. The van der Waals surface area contributed by atoms with Crippen LogP contribution in [0.4, 0.5) is 5.82 Å². The molecule has 2 atom stereocenters. The zero-order valence-electron chi connectivity index (χ0n) is 10.2. The van der Waals surface area contributed by atoms with E-state index in [-0.39, 0.29) is 23.5 Å². The summed E-state index contributed by atoms with van der Waals surface area (Å²) in [6, 6.07) is 1.35. The Hall–Kier alpha value is -2.33. The van der Waals surface area contributed by atoms with E-state index in [1.807, 2.05) is 0 Å². The summed E-state index contributed by atoms with van der Waals surface area (Å²) >= 11 is 0. The number of nitrogens with zero attached hydrogens (tertiary/aromatic N) is 3. The number of nitrogens with one attached hydrogen (secondary N) is 1. The van der Waals surface area contributed by atoms with Gasteiger partial charge < -0.3 is 20.3 Å². The van der Waals surface area contributed by atoms with Crippen molar-refractivity contribution in [2.24, 2.45) is 0 Å². The Bertz CT molecular complexity index is 711. The fourth-order valence-corrected chi connectivity index (χ4v) is 2.48. The van der Waals surface area contributed by atoms with Crippen molar-refractivity contribution in [1.29, 1.82) is 0 Å². The molecule has 3 rings (SSSR count). The molecule has 1 saturated heterocycles. The van der Waals surface area contributed by atoms with Crippen LogP contribution in [-0.2, 0) is 4.74 Å². The van der Waals surface area contributed by atoms with Gasteiger partial charge in [0.05, 0.1) is 18.7 Å². The topological polar surface area (TPSA) is 90.3 Å². The van der Waals surface area contributed by atoms with Crippen LogP contribution in [0.3, 0.4) is 0 Å². The zero-order valence-corrected chi connectivity index (χ0v) is 10.2. The summed E-state index contributed by atoms with van der Waals surface area (Å²) in [5.74, 6) is 0.186. The molecule has 98 valence electrons. The lowest BCUT2D eigenvalue weighted by Crippen LogP contribution is -2.32. The van der Waals surface area contributed by atoms with Gasteiger partial charge in [0.25, 0.3) is 5.56 Å². The normalized spacial score (nSPS) is 23.3. The summed E-state index contributed by atoms with van der Waals surface area (Å²) in [7, 11) is 0. The summed E-state index contributed by atoms with van der Waals surface area (Å²) < 4.78 is 7.08. The molecule has 0 spiro atoms. The highest BCUT2D eigenvalue weighted by Crippen LogP contribution is 2.27. The highest BCUT2D eigenvalue weighted by molar-refractivity contribution is 5.88. The maximum Gasteiger partial charge on any atom is 0.261 e. The van der Waals surface area contributed by atoms with E-state index in [4.69, 9.17) is 17.0 Å². The minimum absolute atomic E-state index is 0.186. The fourth-order valence-electron chi connectivity index (χ4n) is 2.48. The molecule has 0 aromatic carbocycles. The van der Waals surface area contributed by atoms with E-state index in [1.165, 1.54) is 0 Å². The monoisotopic (exact) mass is 259 g/mol. The summed E-state index contributed by atoms with van der Waals surface area (Å²) in [5, 5.41) is 4.60. The third-order valence-corrected chi connectivity index (χ3v) is 3.43. The standard InChI is InChI=1S/C12H13N5O2/c1-14-7-3-5-19-6-9(7)17-8-2-4-15-12(18)10(8)11(13)16-17/h2,4,7,9H,3,5-6H2,(H2,13,16)(H,15,18)/t7-,9-/m0/s1. The maximum atomic E-state index is 11.8. The van der Waals surface area contributed by atoms with Gasteiger partial charge in [-0.1, -0.05) is 0 Å².